The average molecular weight is 660 g/mol. The number of allylic oxidation sites excluding steroid dienone is 2. The number of ether oxygens (including phenoxy) is 2. The van der Waals surface area contributed by atoms with Crippen LogP contribution in [0.3, 0.4) is 0 Å². The molecule has 0 N–H and O–H groups in total. The Hall–Kier alpha value is -1.62. The zero-order valence-electron chi connectivity index (χ0n) is 31.5. The lowest BCUT2D eigenvalue weighted by Gasteiger charge is -2.49. The predicted molar refractivity (Wildman–Crippen MR) is 201 cm³/mol. The molecule has 0 aromatic heterocycles. The molecule has 1 rings (SSSR count). The van der Waals surface area contributed by atoms with Gasteiger partial charge >= 0.3 is 11.9 Å². The smallest absolute Gasteiger partial charge is 0.306 e. The molecule has 47 heavy (non-hydrogen) atoms. The van der Waals surface area contributed by atoms with Crippen molar-refractivity contribution in [2.45, 2.75) is 194 Å². The lowest BCUT2D eigenvalue weighted by atomic mass is 9.72. The molecule has 0 aliphatic carbocycles. The molecule has 1 fully saturated rings. The van der Waals surface area contributed by atoms with Gasteiger partial charge in [0.25, 0.3) is 0 Å². The number of rotatable bonds is 34. The van der Waals surface area contributed by atoms with Crippen molar-refractivity contribution >= 4 is 11.9 Å². The van der Waals surface area contributed by atoms with Crippen LogP contribution >= 0.6 is 0 Å². The molecule has 1 saturated heterocycles. The van der Waals surface area contributed by atoms with Gasteiger partial charge in [0.1, 0.15) is 13.2 Å². The molecule has 0 saturated carbocycles. The summed E-state index contributed by atoms with van der Waals surface area (Å²) in [5, 5.41) is 0. The van der Waals surface area contributed by atoms with E-state index in [-0.39, 0.29) is 11.9 Å². The van der Waals surface area contributed by atoms with Crippen LogP contribution in [0.4, 0.5) is 0 Å². The summed E-state index contributed by atoms with van der Waals surface area (Å²) in [6.45, 7) is 7.89. The van der Waals surface area contributed by atoms with Crippen molar-refractivity contribution in [1.29, 1.82) is 0 Å². The second-order valence-electron chi connectivity index (χ2n) is 14.6. The molecule has 1 aliphatic heterocycles. The third kappa shape index (κ3) is 27.0. The van der Waals surface area contributed by atoms with Gasteiger partial charge in [-0.15, -0.1) is 0 Å². The van der Waals surface area contributed by atoms with Crippen molar-refractivity contribution in [3.8, 4) is 0 Å². The van der Waals surface area contributed by atoms with Crippen LogP contribution in [0, 0.1) is 5.41 Å². The number of nitrogens with zero attached hydrogens (tertiary/aromatic N) is 1. The minimum absolute atomic E-state index is 0.0439. The van der Waals surface area contributed by atoms with E-state index in [1.807, 2.05) is 12.2 Å². The van der Waals surface area contributed by atoms with Crippen LogP contribution in [-0.2, 0) is 19.1 Å². The van der Waals surface area contributed by atoms with Gasteiger partial charge in [-0.25, -0.2) is 0 Å². The van der Waals surface area contributed by atoms with Crippen molar-refractivity contribution in [1.82, 2.24) is 4.90 Å². The highest BCUT2D eigenvalue weighted by Crippen LogP contribution is 2.40. The molecule has 274 valence electrons. The van der Waals surface area contributed by atoms with Crippen LogP contribution in [-0.4, -0.2) is 50.2 Å². The van der Waals surface area contributed by atoms with E-state index >= 15 is 0 Å². The third-order valence-corrected chi connectivity index (χ3v) is 9.85. The predicted octanol–water partition coefficient (Wildman–Crippen LogP) is 12.1. The molecule has 0 aromatic carbocycles. The summed E-state index contributed by atoms with van der Waals surface area (Å²) in [5.41, 5.74) is 0.573. The Morgan fingerprint density at radius 2 is 0.872 bits per heavy atom. The summed E-state index contributed by atoms with van der Waals surface area (Å²) in [4.78, 5) is 26.3. The van der Waals surface area contributed by atoms with Gasteiger partial charge < -0.3 is 14.4 Å². The summed E-state index contributed by atoms with van der Waals surface area (Å²) in [7, 11) is 2.27. The van der Waals surface area contributed by atoms with Crippen LogP contribution in [0.5, 0.6) is 0 Å². The van der Waals surface area contributed by atoms with E-state index < -0.39 is 0 Å². The van der Waals surface area contributed by atoms with Crippen molar-refractivity contribution in [3.63, 3.8) is 0 Å². The van der Waals surface area contributed by atoms with Gasteiger partial charge in [0.05, 0.1) is 0 Å². The van der Waals surface area contributed by atoms with E-state index in [4.69, 9.17) is 9.47 Å². The fraction of sp³-hybridized carbons (Fsp3) is 0.857. The standard InChI is InChI=1S/C42H77NO4/c1-4-6-8-10-18-24-30-36-46-40(44)32-26-20-14-12-16-22-28-34-42(38-43(3)39-42)35-29-23-17-13-15-21-27-33-41(45)47-37-31-25-19-11-9-7-5-2/h24-25,30-31H,4-23,26-29,32-39H2,1-3H3/b30-24-,31-25-. The Kier molecular flexibility index (Phi) is 29.2. The molecule has 1 heterocycles. The SMILES string of the molecule is CCCCCC/C=C\COC(=O)CCCCCCCCCC1(CCCCCCCCCC(=O)OC/C=C\CCCCCC)CN(C)C1. The molecular formula is C42H77NO4. The van der Waals surface area contributed by atoms with Crippen LogP contribution in [0.25, 0.3) is 0 Å². The Morgan fingerprint density at radius 1 is 0.511 bits per heavy atom. The highest BCUT2D eigenvalue weighted by atomic mass is 16.5. The topological polar surface area (TPSA) is 55.8 Å². The number of carbonyl (C=O) groups is 2. The molecule has 0 bridgehead atoms. The molecule has 0 atom stereocenters. The number of likely N-dealkylation sites (tertiary alicyclic amines) is 1. The van der Waals surface area contributed by atoms with Gasteiger partial charge in [-0.3, -0.25) is 9.59 Å². The fourth-order valence-corrected chi connectivity index (χ4v) is 7.02. The second-order valence-corrected chi connectivity index (χ2v) is 14.6. The fourth-order valence-electron chi connectivity index (χ4n) is 7.02. The summed E-state index contributed by atoms with van der Waals surface area (Å²) >= 11 is 0. The van der Waals surface area contributed by atoms with Crippen molar-refractivity contribution in [2.24, 2.45) is 5.41 Å². The second kappa shape index (κ2) is 31.6. The van der Waals surface area contributed by atoms with Crippen molar-refractivity contribution in [2.75, 3.05) is 33.4 Å². The maximum Gasteiger partial charge on any atom is 0.306 e. The van der Waals surface area contributed by atoms with Crippen LogP contribution in [0.2, 0.25) is 0 Å². The molecule has 0 amide bonds. The molecule has 0 aromatic rings. The van der Waals surface area contributed by atoms with Gasteiger partial charge in [0, 0.05) is 25.9 Å². The quantitative estimate of drug-likeness (QED) is 0.0391. The van der Waals surface area contributed by atoms with E-state index in [2.05, 4.69) is 37.9 Å². The van der Waals surface area contributed by atoms with E-state index in [0.717, 1.165) is 38.5 Å². The number of hydrogen-bond donors (Lipinski definition) is 0. The maximum absolute atomic E-state index is 11.9. The van der Waals surface area contributed by atoms with E-state index in [1.54, 1.807) is 0 Å². The summed E-state index contributed by atoms with van der Waals surface area (Å²) in [5.74, 6) is -0.0877. The minimum Gasteiger partial charge on any atom is -0.461 e. The van der Waals surface area contributed by atoms with Crippen molar-refractivity contribution in [3.05, 3.63) is 24.3 Å². The largest absolute Gasteiger partial charge is 0.461 e. The molecule has 1 aliphatic rings. The van der Waals surface area contributed by atoms with E-state index in [1.165, 1.54) is 142 Å². The Labute approximate surface area is 292 Å². The van der Waals surface area contributed by atoms with Crippen LogP contribution in [0.1, 0.15) is 194 Å². The molecule has 0 spiro atoms. The zero-order valence-corrected chi connectivity index (χ0v) is 31.5. The van der Waals surface area contributed by atoms with Crippen LogP contribution < -0.4 is 0 Å². The first-order valence-electron chi connectivity index (χ1n) is 20.3. The lowest BCUT2D eigenvalue weighted by Crippen LogP contribution is -2.54. The van der Waals surface area contributed by atoms with Gasteiger partial charge in [-0.1, -0.05) is 154 Å². The third-order valence-electron chi connectivity index (χ3n) is 9.85. The molecule has 5 nitrogen and oxygen atoms in total. The normalized spacial score (nSPS) is 14.6. The first kappa shape index (κ1) is 43.4. The Morgan fingerprint density at radius 3 is 1.26 bits per heavy atom. The lowest BCUT2D eigenvalue weighted by molar-refractivity contribution is -0.143. The maximum atomic E-state index is 11.9. The molecule has 5 heteroatoms. The number of unbranched alkanes of at least 4 members (excludes halogenated alkanes) is 20. The van der Waals surface area contributed by atoms with E-state index in [0.29, 0.717) is 31.5 Å². The molecule has 0 radical (unpaired) electrons. The van der Waals surface area contributed by atoms with Crippen molar-refractivity contribution < 1.29 is 19.1 Å². The van der Waals surface area contributed by atoms with Crippen LogP contribution in [0.15, 0.2) is 24.3 Å². The number of hydrogen-bond acceptors (Lipinski definition) is 5. The zero-order chi connectivity index (χ0) is 34.1. The Bertz CT molecular complexity index is 727. The summed E-state index contributed by atoms with van der Waals surface area (Å²) < 4.78 is 10.7. The van der Waals surface area contributed by atoms with E-state index in [9.17, 15) is 9.59 Å². The first-order valence-corrected chi connectivity index (χ1v) is 20.3. The number of esters is 2. The average Bonchev–Trinajstić information content (AvgIpc) is 3.04. The minimum atomic E-state index is -0.0439. The molecular weight excluding hydrogens is 582 g/mol. The number of carbonyl (C=O) groups excluding carboxylic acids is 2. The summed E-state index contributed by atoms with van der Waals surface area (Å²) in [6, 6.07) is 0. The molecule has 0 unspecified atom stereocenters. The highest BCUT2D eigenvalue weighted by molar-refractivity contribution is 5.69. The Balaban J connectivity index is 1.93. The van der Waals surface area contributed by atoms with Gasteiger partial charge in [0.15, 0.2) is 0 Å². The van der Waals surface area contributed by atoms with Gasteiger partial charge in [0.2, 0.25) is 0 Å². The monoisotopic (exact) mass is 660 g/mol. The highest BCUT2D eigenvalue weighted by Gasteiger charge is 2.39. The van der Waals surface area contributed by atoms with Gasteiger partial charge in [-0.2, -0.15) is 0 Å². The van der Waals surface area contributed by atoms with Gasteiger partial charge in [-0.05, 0) is 63.8 Å². The first-order chi connectivity index (χ1) is 23.0. The summed E-state index contributed by atoms with van der Waals surface area (Å²) in [6.07, 6.45) is 42.0.